The third kappa shape index (κ3) is 7.24. The van der Waals surface area contributed by atoms with Crippen LogP contribution in [-0.4, -0.2) is 50.2 Å². The third-order valence-corrected chi connectivity index (χ3v) is 18.5. The van der Waals surface area contributed by atoms with Crippen molar-refractivity contribution in [2.24, 2.45) is 11.8 Å². The van der Waals surface area contributed by atoms with Crippen molar-refractivity contribution in [2.45, 2.75) is 137 Å². The number of carbonyl (C=O) groups is 2. The molecule has 0 radical (unpaired) electrons. The normalized spacial score (nSPS) is 32.9. The predicted octanol–water partition coefficient (Wildman–Crippen LogP) is 5.17. The van der Waals surface area contributed by atoms with Gasteiger partial charge in [0, 0.05) is 0 Å². The van der Waals surface area contributed by atoms with Crippen molar-refractivity contribution in [3.05, 3.63) is 0 Å². The maximum absolute atomic E-state index is 13.2. The van der Waals surface area contributed by atoms with Crippen molar-refractivity contribution in [2.75, 3.05) is 0 Å². The fraction of sp³-hybridized carbons (Fsp3) is 0.923. The van der Waals surface area contributed by atoms with Crippen LogP contribution < -0.4 is 10.6 Å². The quantitative estimate of drug-likeness (QED) is 0.413. The van der Waals surface area contributed by atoms with Gasteiger partial charge in [0.2, 0.25) is 0 Å². The van der Waals surface area contributed by atoms with E-state index >= 15 is 0 Å². The fourth-order valence-corrected chi connectivity index (χ4v) is 17.8. The van der Waals surface area contributed by atoms with Crippen molar-refractivity contribution in [3.63, 3.8) is 0 Å². The van der Waals surface area contributed by atoms with E-state index in [4.69, 9.17) is 0 Å². The second-order valence-electron chi connectivity index (χ2n) is 10.7. The number of hydrogen-bond donors (Lipinski definition) is 2. The van der Waals surface area contributed by atoms with Gasteiger partial charge in [0.05, 0.1) is 0 Å². The molecule has 4 saturated carbocycles. The molecule has 4 aliphatic rings. The Balaban J connectivity index is 1.29. The first-order chi connectivity index (χ1) is 15.7. The Labute approximate surface area is 206 Å². The van der Waals surface area contributed by atoms with Gasteiger partial charge in [-0.2, -0.15) is 0 Å². The number of rotatable bonds is 7. The first kappa shape index (κ1) is 25.1. The molecule has 4 unspecified atom stereocenters. The summed E-state index contributed by atoms with van der Waals surface area (Å²) < 4.78 is 0. The molecule has 32 heavy (non-hydrogen) atoms. The van der Waals surface area contributed by atoms with Crippen LogP contribution in [0.5, 0.6) is 0 Å². The summed E-state index contributed by atoms with van der Waals surface area (Å²) in [5, 5.41) is 6.89. The van der Waals surface area contributed by atoms with Gasteiger partial charge >= 0.3 is 207 Å². The Hall–Kier alpha value is -0.0210. The summed E-state index contributed by atoms with van der Waals surface area (Å²) in [7, 11) is 0. The molecule has 2 N–H and O–H groups in total. The van der Waals surface area contributed by atoms with Gasteiger partial charge in [0.25, 0.3) is 0 Å². The molecule has 6 heteroatoms. The molecule has 0 aromatic heterocycles. The van der Waals surface area contributed by atoms with Gasteiger partial charge in [-0.3, -0.25) is 0 Å². The van der Waals surface area contributed by atoms with E-state index in [1.165, 1.54) is 103 Å². The van der Waals surface area contributed by atoms with Crippen LogP contribution in [0.4, 0.5) is 0 Å². The van der Waals surface area contributed by atoms with Gasteiger partial charge in [-0.1, -0.05) is 0 Å². The molecule has 4 atom stereocenters. The van der Waals surface area contributed by atoms with E-state index in [1.54, 1.807) is 0 Å². The van der Waals surface area contributed by atoms with E-state index < -0.39 is 0 Å². The molecule has 4 rings (SSSR count). The third-order valence-electron chi connectivity index (χ3n) is 8.28. The average Bonchev–Trinajstić information content (AvgIpc) is 2.84. The molecular weight excluding hydrogens is 530 g/mol. The van der Waals surface area contributed by atoms with Gasteiger partial charge < -0.3 is 0 Å². The Morgan fingerprint density at radius 2 is 0.812 bits per heavy atom. The van der Waals surface area contributed by atoms with Crippen molar-refractivity contribution in [3.8, 4) is 0 Å². The topological polar surface area (TPSA) is 58.2 Å². The average molecular weight is 575 g/mol. The Morgan fingerprint density at radius 1 is 0.469 bits per heavy atom. The van der Waals surface area contributed by atoms with Crippen LogP contribution in [-0.2, 0) is 9.59 Å². The fourth-order valence-electron chi connectivity index (χ4n) is 6.28. The van der Waals surface area contributed by atoms with Crippen LogP contribution >= 0.6 is 0 Å². The summed E-state index contributed by atoms with van der Waals surface area (Å²) in [5.74, 6) is 1.25. The van der Waals surface area contributed by atoms with Crippen molar-refractivity contribution in [1.29, 1.82) is 0 Å². The van der Waals surface area contributed by atoms with Crippen molar-refractivity contribution < 1.29 is 9.59 Å². The van der Waals surface area contributed by atoms with E-state index in [-0.39, 0.29) is 11.8 Å². The zero-order valence-corrected chi connectivity index (χ0v) is 23.3. The molecule has 0 heterocycles. The van der Waals surface area contributed by atoms with Crippen LogP contribution in [0.3, 0.4) is 0 Å². The van der Waals surface area contributed by atoms with E-state index in [0.717, 1.165) is 12.8 Å². The number of amides is 2. The minimum atomic E-state index is 0.255. The first-order valence-electron chi connectivity index (χ1n) is 13.6. The van der Waals surface area contributed by atoms with Crippen molar-refractivity contribution in [1.82, 2.24) is 10.6 Å². The molecule has 0 saturated heterocycles. The molecule has 4 nitrogen and oxygen atoms in total. The van der Waals surface area contributed by atoms with Crippen LogP contribution in [0.2, 0.25) is 9.63 Å². The molecule has 182 valence electrons. The molecule has 0 bridgehead atoms. The van der Waals surface area contributed by atoms with Gasteiger partial charge in [0.1, 0.15) is 0 Å². The van der Waals surface area contributed by atoms with E-state index in [1.807, 2.05) is 0 Å². The van der Waals surface area contributed by atoms with Crippen LogP contribution in [0, 0.1) is 11.8 Å². The number of carbonyl (C=O) groups excluding carboxylic acids is 2. The second kappa shape index (κ2) is 13.2. The summed E-state index contributed by atoms with van der Waals surface area (Å²) >= 11 is 1.07. The van der Waals surface area contributed by atoms with Crippen LogP contribution in [0.1, 0.15) is 116 Å². The van der Waals surface area contributed by atoms with E-state index in [2.05, 4.69) is 10.6 Å². The van der Waals surface area contributed by atoms with Gasteiger partial charge in [-0.15, -0.1) is 0 Å². The molecule has 0 aromatic rings. The summed E-state index contributed by atoms with van der Waals surface area (Å²) in [4.78, 5) is 27.6. The molecule has 4 aliphatic carbocycles. The Bertz CT molecular complexity index is 553. The standard InChI is InChI=1S/C26H44N2O2Se2/c29-25(27-19-11-3-1-4-12-19)21-15-7-9-17-23(21)31-32-24-18-10-8-16-22(24)26(30)28-20-13-5-2-6-14-20/h19-24H,1-18H2,(H,27,29)(H,28,30). The molecule has 0 aliphatic heterocycles. The van der Waals surface area contributed by atoms with E-state index in [9.17, 15) is 9.59 Å². The zero-order valence-electron chi connectivity index (χ0n) is 19.8. The predicted molar refractivity (Wildman–Crippen MR) is 133 cm³/mol. The summed E-state index contributed by atoms with van der Waals surface area (Å²) in [6, 6.07) is 0.867. The second-order valence-corrected chi connectivity index (χ2v) is 18.3. The Morgan fingerprint density at radius 3 is 1.22 bits per heavy atom. The minimum absolute atomic E-state index is 0.255. The van der Waals surface area contributed by atoms with Crippen LogP contribution in [0.15, 0.2) is 0 Å². The number of nitrogens with one attached hydrogen (secondary N) is 2. The zero-order chi connectivity index (χ0) is 22.2. The Kier molecular flexibility index (Phi) is 10.3. The first-order valence-corrected chi connectivity index (χ1v) is 19.9. The van der Waals surface area contributed by atoms with Gasteiger partial charge in [0.15, 0.2) is 0 Å². The van der Waals surface area contributed by atoms with Gasteiger partial charge in [-0.05, 0) is 0 Å². The van der Waals surface area contributed by atoms with E-state index in [0.29, 0.717) is 59.8 Å². The monoisotopic (exact) mass is 576 g/mol. The molecule has 2 amide bonds. The van der Waals surface area contributed by atoms with Gasteiger partial charge in [-0.25, -0.2) is 0 Å². The summed E-state index contributed by atoms with van der Waals surface area (Å²) in [6.07, 6.45) is 22.2. The summed E-state index contributed by atoms with van der Waals surface area (Å²) in [6.45, 7) is 0. The number of hydrogen-bond acceptors (Lipinski definition) is 2. The maximum atomic E-state index is 13.2. The molecular formula is C26H44N2O2Se2. The SMILES string of the molecule is O=C(NC1CCCCC1)C1CCCCC1[Se][Se]C1CCCCC1C(=O)NC1CCCCC1. The van der Waals surface area contributed by atoms with Crippen molar-refractivity contribution >= 4 is 38.1 Å². The molecule has 0 spiro atoms. The molecule has 0 aromatic carbocycles. The van der Waals surface area contributed by atoms with Crippen LogP contribution in [0.25, 0.3) is 0 Å². The summed E-state index contributed by atoms with van der Waals surface area (Å²) in [5.41, 5.74) is 0. The molecule has 4 fully saturated rings.